The van der Waals surface area contributed by atoms with Gasteiger partial charge in [0.05, 0.1) is 11.9 Å². The minimum atomic E-state index is 0.270. The molecule has 2 N–H and O–H groups in total. The number of rotatable bonds is 4. The smallest absolute Gasteiger partial charge is 0.153 e. The molecule has 0 fully saturated rings. The maximum absolute atomic E-state index is 9.79. The van der Waals surface area contributed by atoms with Gasteiger partial charge in [-0.1, -0.05) is 15.9 Å². The van der Waals surface area contributed by atoms with Crippen molar-refractivity contribution in [3.8, 4) is 11.6 Å². The summed E-state index contributed by atoms with van der Waals surface area (Å²) in [6, 6.07) is 11.0. The van der Waals surface area contributed by atoms with E-state index in [1.54, 1.807) is 29.2 Å². The summed E-state index contributed by atoms with van der Waals surface area (Å²) in [5, 5.41) is 17.1. The maximum Gasteiger partial charge on any atom is 0.153 e. The van der Waals surface area contributed by atoms with E-state index < -0.39 is 0 Å². The molecular weight excluding hydrogens is 332 g/mol. The molecule has 0 radical (unpaired) electrons. The van der Waals surface area contributed by atoms with Crippen LogP contribution in [0.2, 0.25) is 0 Å². The predicted molar refractivity (Wildman–Crippen MR) is 84.5 cm³/mol. The van der Waals surface area contributed by atoms with Gasteiger partial charge in [-0.3, -0.25) is 0 Å². The number of nitrogens with zero attached hydrogens (tertiary/aromatic N) is 3. The van der Waals surface area contributed by atoms with E-state index in [0.717, 1.165) is 21.5 Å². The normalized spacial score (nSPS) is 10.5. The van der Waals surface area contributed by atoms with Gasteiger partial charge in [0.2, 0.25) is 0 Å². The van der Waals surface area contributed by atoms with Crippen LogP contribution >= 0.6 is 15.9 Å². The molecule has 0 spiro atoms. The number of nitrogens with one attached hydrogen (secondary N) is 1. The van der Waals surface area contributed by atoms with Crippen molar-refractivity contribution in [3.63, 3.8) is 0 Å². The van der Waals surface area contributed by atoms with Crippen molar-refractivity contribution in [2.45, 2.75) is 6.54 Å². The Labute approximate surface area is 130 Å². The first-order valence-electron chi connectivity index (χ1n) is 6.40. The Hall–Kier alpha value is -2.34. The van der Waals surface area contributed by atoms with Gasteiger partial charge in [0.1, 0.15) is 5.75 Å². The fourth-order valence-electron chi connectivity index (χ4n) is 1.92. The van der Waals surface area contributed by atoms with E-state index in [1.807, 2.05) is 30.5 Å². The third kappa shape index (κ3) is 3.22. The number of halogens is 1. The molecule has 0 saturated carbocycles. The monoisotopic (exact) mass is 344 g/mol. The predicted octanol–water partition coefficient (Wildman–Crippen LogP) is 3.35. The van der Waals surface area contributed by atoms with Crippen LogP contribution in [0.5, 0.6) is 5.75 Å². The molecule has 3 aromatic rings. The van der Waals surface area contributed by atoms with Gasteiger partial charge in [-0.2, -0.15) is 5.10 Å². The Morgan fingerprint density at radius 2 is 2.14 bits per heavy atom. The zero-order valence-corrected chi connectivity index (χ0v) is 12.7. The van der Waals surface area contributed by atoms with Crippen LogP contribution in [0.4, 0.5) is 5.69 Å². The Kier molecular flexibility index (Phi) is 3.87. The molecule has 0 amide bonds. The zero-order chi connectivity index (χ0) is 14.7. The van der Waals surface area contributed by atoms with Gasteiger partial charge in [0.15, 0.2) is 5.82 Å². The third-order valence-corrected chi connectivity index (χ3v) is 3.50. The van der Waals surface area contributed by atoms with E-state index in [9.17, 15) is 5.11 Å². The van der Waals surface area contributed by atoms with Crippen LogP contribution in [0.15, 0.2) is 59.5 Å². The molecule has 0 aliphatic heterocycles. The van der Waals surface area contributed by atoms with Gasteiger partial charge < -0.3 is 10.4 Å². The molecule has 0 aliphatic carbocycles. The van der Waals surface area contributed by atoms with Crippen LogP contribution < -0.4 is 5.32 Å². The highest BCUT2D eigenvalue weighted by Crippen LogP contribution is 2.22. The molecule has 3 rings (SSSR count). The van der Waals surface area contributed by atoms with E-state index in [4.69, 9.17) is 0 Å². The molecule has 0 atom stereocenters. The molecule has 2 heterocycles. The number of anilines is 1. The summed E-state index contributed by atoms with van der Waals surface area (Å²) >= 11 is 3.39. The zero-order valence-electron chi connectivity index (χ0n) is 11.1. The molecule has 0 unspecified atom stereocenters. The number of aromatic hydroxyl groups is 1. The first-order valence-corrected chi connectivity index (χ1v) is 7.19. The minimum absolute atomic E-state index is 0.270. The second-order valence-corrected chi connectivity index (χ2v) is 5.40. The Morgan fingerprint density at radius 1 is 1.24 bits per heavy atom. The number of pyridine rings is 1. The molecule has 5 nitrogen and oxygen atoms in total. The quantitative estimate of drug-likeness (QED) is 0.761. The lowest BCUT2D eigenvalue weighted by Crippen LogP contribution is -2.02. The van der Waals surface area contributed by atoms with Gasteiger partial charge >= 0.3 is 0 Å². The summed E-state index contributed by atoms with van der Waals surface area (Å²) in [4.78, 5) is 4.34. The Morgan fingerprint density at radius 3 is 2.86 bits per heavy atom. The number of benzene rings is 1. The van der Waals surface area contributed by atoms with Gasteiger partial charge in [-0.25, -0.2) is 9.67 Å². The van der Waals surface area contributed by atoms with Gasteiger partial charge in [0.25, 0.3) is 0 Å². The molecule has 6 heteroatoms. The summed E-state index contributed by atoms with van der Waals surface area (Å²) in [6.45, 7) is 0.522. The third-order valence-electron chi connectivity index (χ3n) is 3.01. The molecule has 0 bridgehead atoms. The fourth-order valence-corrected chi connectivity index (χ4v) is 2.33. The van der Waals surface area contributed by atoms with Crippen LogP contribution in [0, 0.1) is 0 Å². The second kappa shape index (κ2) is 5.97. The van der Waals surface area contributed by atoms with Gasteiger partial charge in [-0.05, 0) is 36.4 Å². The average molecular weight is 345 g/mol. The van der Waals surface area contributed by atoms with E-state index in [0.29, 0.717) is 6.54 Å². The van der Waals surface area contributed by atoms with Crippen LogP contribution in [0.1, 0.15) is 5.56 Å². The van der Waals surface area contributed by atoms with E-state index in [-0.39, 0.29) is 5.75 Å². The highest BCUT2D eigenvalue weighted by Gasteiger charge is 2.03. The van der Waals surface area contributed by atoms with Crippen LogP contribution in [-0.2, 0) is 6.54 Å². The Bertz CT molecular complexity index is 726. The summed E-state index contributed by atoms with van der Waals surface area (Å²) in [6.07, 6.45) is 5.30. The number of aromatic nitrogens is 3. The second-order valence-electron chi connectivity index (χ2n) is 4.48. The van der Waals surface area contributed by atoms with Crippen LogP contribution in [-0.4, -0.2) is 19.9 Å². The minimum Gasteiger partial charge on any atom is -0.508 e. The number of hydrogen-bond acceptors (Lipinski definition) is 4. The van der Waals surface area contributed by atoms with E-state index >= 15 is 0 Å². The summed E-state index contributed by atoms with van der Waals surface area (Å²) in [5.74, 6) is 1.03. The van der Waals surface area contributed by atoms with E-state index in [1.165, 1.54) is 0 Å². The summed E-state index contributed by atoms with van der Waals surface area (Å²) in [7, 11) is 0. The molecule has 0 aliphatic rings. The van der Waals surface area contributed by atoms with Gasteiger partial charge in [-0.15, -0.1) is 0 Å². The van der Waals surface area contributed by atoms with Crippen molar-refractivity contribution in [2.24, 2.45) is 0 Å². The molecule has 106 valence electrons. The highest BCUT2D eigenvalue weighted by atomic mass is 79.9. The fraction of sp³-hybridized carbons (Fsp3) is 0.0667. The van der Waals surface area contributed by atoms with E-state index in [2.05, 4.69) is 31.3 Å². The lowest BCUT2D eigenvalue weighted by molar-refractivity contribution is 0.469. The topological polar surface area (TPSA) is 63.0 Å². The van der Waals surface area contributed by atoms with Crippen molar-refractivity contribution in [1.82, 2.24) is 14.8 Å². The number of phenolic OH excluding ortho intramolecular Hbond substituents is 1. The molecule has 0 saturated heterocycles. The van der Waals surface area contributed by atoms with Crippen molar-refractivity contribution in [1.29, 1.82) is 0 Å². The van der Waals surface area contributed by atoms with Crippen LogP contribution in [0.3, 0.4) is 0 Å². The van der Waals surface area contributed by atoms with Crippen molar-refractivity contribution in [3.05, 3.63) is 65.0 Å². The van der Waals surface area contributed by atoms with Crippen LogP contribution in [0.25, 0.3) is 5.82 Å². The van der Waals surface area contributed by atoms with Crippen molar-refractivity contribution in [2.75, 3.05) is 5.32 Å². The average Bonchev–Trinajstić information content (AvgIpc) is 3.03. The first-order chi connectivity index (χ1) is 10.2. The van der Waals surface area contributed by atoms with Crippen molar-refractivity contribution >= 4 is 21.6 Å². The molecule has 2 aromatic heterocycles. The highest BCUT2D eigenvalue weighted by molar-refractivity contribution is 9.10. The number of hydrogen-bond donors (Lipinski definition) is 2. The standard InChI is InChI=1S/C15H13BrN4O/c16-12-2-4-14(21)11(8-12)9-17-13-3-5-15(18-10-13)20-7-1-6-19-20/h1-8,10,17,21H,9H2. The molecule has 1 aromatic carbocycles. The number of phenols is 1. The Balaban J connectivity index is 1.70. The first kappa shape index (κ1) is 13.6. The van der Waals surface area contributed by atoms with Gasteiger partial charge in [0, 0.05) is 29.0 Å². The maximum atomic E-state index is 9.79. The largest absolute Gasteiger partial charge is 0.508 e. The lowest BCUT2D eigenvalue weighted by Gasteiger charge is -2.09. The summed E-state index contributed by atoms with van der Waals surface area (Å²) in [5.41, 5.74) is 1.70. The lowest BCUT2D eigenvalue weighted by atomic mass is 10.2. The summed E-state index contributed by atoms with van der Waals surface area (Å²) < 4.78 is 2.63. The molecular formula is C15H13BrN4O. The molecule has 21 heavy (non-hydrogen) atoms. The SMILES string of the molecule is Oc1ccc(Br)cc1CNc1ccc(-n2cccn2)nc1. The van der Waals surface area contributed by atoms with Crippen molar-refractivity contribution < 1.29 is 5.11 Å².